The fraction of sp³-hybridized carbons (Fsp3) is 0.368. The highest BCUT2D eigenvalue weighted by Gasteiger charge is 2.32. The van der Waals surface area contributed by atoms with E-state index in [0.29, 0.717) is 32.8 Å². The molecule has 2 aromatic rings. The van der Waals surface area contributed by atoms with Gasteiger partial charge in [0.2, 0.25) is 5.43 Å². The Labute approximate surface area is 149 Å². The number of pyridine rings is 1. The van der Waals surface area contributed by atoms with Gasteiger partial charge in [0.1, 0.15) is 5.82 Å². The van der Waals surface area contributed by atoms with Crippen LogP contribution in [0.25, 0.3) is 0 Å². The lowest BCUT2D eigenvalue weighted by Gasteiger charge is -2.32. The second-order valence-corrected chi connectivity index (χ2v) is 6.70. The van der Waals surface area contributed by atoms with Crippen LogP contribution in [0.1, 0.15) is 34.1 Å². The number of fused-ring (bicyclic) bond motifs is 1. The van der Waals surface area contributed by atoms with Crippen molar-refractivity contribution in [1.82, 2.24) is 9.47 Å². The Hall–Kier alpha value is -2.67. The fourth-order valence-electron chi connectivity index (χ4n) is 3.65. The minimum absolute atomic E-state index is 0.0350. The van der Waals surface area contributed by atoms with Gasteiger partial charge in [-0.2, -0.15) is 0 Å². The summed E-state index contributed by atoms with van der Waals surface area (Å²) in [4.78, 5) is 26.7. The minimum Gasteiger partial charge on any atom is -0.503 e. The van der Waals surface area contributed by atoms with Gasteiger partial charge in [-0.15, -0.1) is 0 Å². The third-order valence-corrected chi connectivity index (χ3v) is 5.04. The highest BCUT2D eigenvalue weighted by atomic mass is 19.1. The number of halogens is 1. The van der Waals surface area contributed by atoms with Crippen LogP contribution in [-0.4, -0.2) is 40.2 Å². The van der Waals surface area contributed by atoms with Crippen molar-refractivity contribution in [3.8, 4) is 5.75 Å². The molecule has 2 aliphatic heterocycles. The predicted molar refractivity (Wildman–Crippen MR) is 91.7 cm³/mol. The quantitative estimate of drug-likeness (QED) is 0.909. The first kappa shape index (κ1) is 16.8. The summed E-state index contributed by atoms with van der Waals surface area (Å²) in [6.45, 7) is 2.37. The molecule has 1 amide bonds. The number of benzene rings is 1. The molecule has 1 unspecified atom stereocenters. The molecule has 0 bridgehead atoms. The van der Waals surface area contributed by atoms with E-state index >= 15 is 0 Å². The van der Waals surface area contributed by atoms with E-state index in [1.807, 2.05) is 0 Å². The number of aromatic hydroxyl groups is 1. The zero-order chi connectivity index (χ0) is 18.3. The zero-order valence-electron chi connectivity index (χ0n) is 14.2. The molecule has 1 saturated heterocycles. The Morgan fingerprint density at radius 2 is 1.96 bits per heavy atom. The summed E-state index contributed by atoms with van der Waals surface area (Å²) in [6, 6.07) is 7.35. The first-order valence-corrected chi connectivity index (χ1v) is 8.63. The molecule has 6 nitrogen and oxygen atoms in total. The number of rotatable bonds is 3. The molecular formula is C19H19FN2O4. The Bertz CT molecular complexity index is 901. The van der Waals surface area contributed by atoms with E-state index in [9.17, 15) is 19.1 Å². The topological polar surface area (TPSA) is 71.8 Å². The number of ether oxygens (including phenoxy) is 1. The second-order valence-electron chi connectivity index (χ2n) is 6.70. The standard InChI is InChI=1S/C19H19FN2O4/c20-14-3-1-12(2-4-14)10-21-6-7-22-15(13-5-8-26-11-13)9-16(23)18(24)17(22)19(21)25/h1-4,9,13,24H,5-8,10-11H2. The van der Waals surface area contributed by atoms with Crippen LogP contribution in [0.15, 0.2) is 35.1 Å². The first-order valence-electron chi connectivity index (χ1n) is 8.63. The molecular weight excluding hydrogens is 339 g/mol. The van der Waals surface area contributed by atoms with Crippen molar-refractivity contribution in [1.29, 1.82) is 0 Å². The third kappa shape index (κ3) is 2.88. The molecule has 0 spiro atoms. The Morgan fingerprint density at radius 1 is 1.19 bits per heavy atom. The van der Waals surface area contributed by atoms with E-state index in [1.165, 1.54) is 18.2 Å². The Kier molecular flexibility index (Phi) is 4.24. The summed E-state index contributed by atoms with van der Waals surface area (Å²) in [5.41, 5.74) is 1.02. The van der Waals surface area contributed by atoms with Crippen molar-refractivity contribution < 1.29 is 19.0 Å². The molecule has 4 rings (SSSR count). The van der Waals surface area contributed by atoms with Crippen molar-refractivity contribution in [3.05, 3.63) is 63.3 Å². The molecule has 1 atom stereocenters. The minimum atomic E-state index is -0.546. The van der Waals surface area contributed by atoms with Gasteiger partial charge < -0.3 is 19.3 Å². The normalized spacial score (nSPS) is 19.7. The van der Waals surface area contributed by atoms with Gasteiger partial charge in [-0.25, -0.2) is 4.39 Å². The van der Waals surface area contributed by atoms with Gasteiger partial charge in [-0.3, -0.25) is 9.59 Å². The largest absolute Gasteiger partial charge is 0.503 e. The number of hydrogen-bond acceptors (Lipinski definition) is 4. The summed E-state index contributed by atoms with van der Waals surface area (Å²) >= 11 is 0. The number of nitrogens with zero attached hydrogens (tertiary/aromatic N) is 2. The van der Waals surface area contributed by atoms with E-state index in [2.05, 4.69) is 0 Å². The third-order valence-electron chi connectivity index (χ3n) is 5.04. The van der Waals surface area contributed by atoms with E-state index in [0.717, 1.165) is 17.7 Å². The molecule has 0 saturated carbocycles. The van der Waals surface area contributed by atoms with Gasteiger partial charge in [-0.05, 0) is 24.1 Å². The summed E-state index contributed by atoms with van der Waals surface area (Å²) in [5.74, 6) is -1.19. The summed E-state index contributed by atoms with van der Waals surface area (Å²) in [6.07, 6.45) is 0.789. The Balaban J connectivity index is 1.69. The first-order chi connectivity index (χ1) is 12.5. The number of amides is 1. The van der Waals surface area contributed by atoms with Crippen molar-refractivity contribution >= 4 is 5.91 Å². The van der Waals surface area contributed by atoms with Crippen molar-refractivity contribution in [2.75, 3.05) is 19.8 Å². The predicted octanol–water partition coefficient (Wildman–Crippen LogP) is 1.85. The molecule has 0 aliphatic carbocycles. The van der Waals surface area contributed by atoms with Crippen molar-refractivity contribution in [2.45, 2.75) is 25.4 Å². The average Bonchev–Trinajstić information content (AvgIpc) is 3.16. The molecule has 7 heteroatoms. The van der Waals surface area contributed by atoms with Crippen LogP contribution in [0.3, 0.4) is 0 Å². The number of hydrogen-bond donors (Lipinski definition) is 1. The van der Waals surface area contributed by atoms with Crippen LogP contribution in [0.2, 0.25) is 0 Å². The van der Waals surface area contributed by atoms with Gasteiger partial charge in [0.05, 0.1) is 6.61 Å². The monoisotopic (exact) mass is 358 g/mol. The van der Waals surface area contributed by atoms with Crippen LogP contribution < -0.4 is 5.43 Å². The number of aromatic nitrogens is 1. The lowest BCUT2D eigenvalue weighted by atomic mass is 10.0. The van der Waals surface area contributed by atoms with E-state index < -0.39 is 17.1 Å². The second kappa shape index (κ2) is 6.57. The molecule has 0 radical (unpaired) electrons. The maximum absolute atomic E-state index is 13.1. The van der Waals surface area contributed by atoms with Crippen LogP contribution >= 0.6 is 0 Å². The molecule has 136 valence electrons. The molecule has 2 aliphatic rings. The summed E-state index contributed by atoms with van der Waals surface area (Å²) in [5, 5.41) is 10.2. The van der Waals surface area contributed by atoms with Gasteiger partial charge in [0, 0.05) is 43.9 Å². The smallest absolute Gasteiger partial charge is 0.274 e. The van der Waals surface area contributed by atoms with Gasteiger partial charge in [-0.1, -0.05) is 12.1 Å². The molecule has 1 aromatic heterocycles. The number of carbonyl (C=O) groups excluding carboxylic acids is 1. The molecule has 1 N–H and O–H groups in total. The molecule has 1 fully saturated rings. The molecule has 26 heavy (non-hydrogen) atoms. The van der Waals surface area contributed by atoms with Crippen LogP contribution in [0.4, 0.5) is 4.39 Å². The van der Waals surface area contributed by atoms with Crippen LogP contribution in [0.5, 0.6) is 5.75 Å². The fourth-order valence-corrected chi connectivity index (χ4v) is 3.65. The zero-order valence-corrected chi connectivity index (χ0v) is 14.2. The maximum atomic E-state index is 13.1. The molecule has 1 aromatic carbocycles. The van der Waals surface area contributed by atoms with E-state index in [-0.39, 0.29) is 17.4 Å². The van der Waals surface area contributed by atoms with Crippen molar-refractivity contribution in [3.63, 3.8) is 0 Å². The van der Waals surface area contributed by atoms with Gasteiger partial charge >= 0.3 is 0 Å². The maximum Gasteiger partial charge on any atom is 0.274 e. The summed E-state index contributed by atoms with van der Waals surface area (Å²) < 4.78 is 20.2. The Morgan fingerprint density at radius 3 is 2.65 bits per heavy atom. The summed E-state index contributed by atoms with van der Waals surface area (Å²) in [7, 11) is 0. The lowest BCUT2D eigenvalue weighted by molar-refractivity contribution is 0.0680. The average molecular weight is 358 g/mol. The highest BCUT2D eigenvalue weighted by molar-refractivity contribution is 5.95. The van der Waals surface area contributed by atoms with E-state index in [4.69, 9.17) is 4.74 Å². The van der Waals surface area contributed by atoms with Crippen LogP contribution in [-0.2, 0) is 17.8 Å². The van der Waals surface area contributed by atoms with Crippen LogP contribution in [0, 0.1) is 5.82 Å². The molecule has 3 heterocycles. The van der Waals surface area contributed by atoms with E-state index in [1.54, 1.807) is 21.6 Å². The SMILES string of the molecule is O=C1c2c(O)c(=O)cc(C3CCOC3)n2CCN1Cc1ccc(F)cc1. The highest BCUT2D eigenvalue weighted by Crippen LogP contribution is 2.30. The van der Waals surface area contributed by atoms with Gasteiger partial charge in [0.15, 0.2) is 11.4 Å². The number of carbonyl (C=O) groups is 1. The van der Waals surface area contributed by atoms with Crippen molar-refractivity contribution in [2.24, 2.45) is 0 Å². The van der Waals surface area contributed by atoms with Gasteiger partial charge in [0.25, 0.3) is 5.91 Å². The lowest BCUT2D eigenvalue weighted by Crippen LogP contribution is -2.42.